The molecule has 1 aliphatic rings. The molecule has 1 heterocycles. The van der Waals surface area contributed by atoms with Gasteiger partial charge in [-0.2, -0.15) is 0 Å². The summed E-state index contributed by atoms with van der Waals surface area (Å²) in [5.74, 6) is -1.81. The molecule has 84 valence electrons. The monoisotopic (exact) mass is 224 g/mol. The van der Waals surface area contributed by atoms with E-state index in [1.807, 2.05) is 0 Å². The van der Waals surface area contributed by atoms with E-state index in [0.29, 0.717) is 11.5 Å². The standard InChI is InChI=1S/C10H8O6/c1-14-5-2-6(8(11)10(12)13)9-7(3-5)15-4-16-9/h2-3H,4H2,1H3,(H,12,13). The molecule has 2 rings (SSSR count). The van der Waals surface area contributed by atoms with Gasteiger partial charge in [0.2, 0.25) is 6.79 Å². The molecule has 0 amide bonds. The van der Waals surface area contributed by atoms with Crippen molar-refractivity contribution in [3.63, 3.8) is 0 Å². The van der Waals surface area contributed by atoms with E-state index in [4.69, 9.17) is 19.3 Å². The zero-order valence-electron chi connectivity index (χ0n) is 8.35. The van der Waals surface area contributed by atoms with Crippen molar-refractivity contribution in [2.24, 2.45) is 0 Å². The Hall–Kier alpha value is -2.24. The summed E-state index contributed by atoms with van der Waals surface area (Å²) in [6.07, 6.45) is 0. The maximum atomic E-state index is 11.4. The van der Waals surface area contributed by atoms with E-state index in [0.717, 1.165) is 0 Å². The lowest BCUT2D eigenvalue weighted by molar-refractivity contribution is -0.131. The third kappa shape index (κ3) is 1.54. The van der Waals surface area contributed by atoms with Crippen LogP contribution in [-0.4, -0.2) is 30.8 Å². The van der Waals surface area contributed by atoms with Crippen LogP contribution in [0.15, 0.2) is 12.1 Å². The number of rotatable bonds is 3. The highest BCUT2D eigenvalue weighted by atomic mass is 16.7. The smallest absolute Gasteiger partial charge is 0.377 e. The third-order valence-corrected chi connectivity index (χ3v) is 2.12. The molecule has 16 heavy (non-hydrogen) atoms. The van der Waals surface area contributed by atoms with Gasteiger partial charge in [0, 0.05) is 6.07 Å². The van der Waals surface area contributed by atoms with Crippen molar-refractivity contribution in [1.29, 1.82) is 0 Å². The predicted octanol–water partition coefficient (Wildman–Crippen LogP) is 0.691. The Morgan fingerprint density at radius 1 is 1.38 bits per heavy atom. The second kappa shape index (κ2) is 3.73. The molecular weight excluding hydrogens is 216 g/mol. The Morgan fingerprint density at radius 2 is 2.12 bits per heavy atom. The number of hydrogen-bond donors (Lipinski definition) is 1. The molecule has 6 nitrogen and oxygen atoms in total. The van der Waals surface area contributed by atoms with Gasteiger partial charge in [0.05, 0.1) is 12.7 Å². The van der Waals surface area contributed by atoms with E-state index in [1.165, 1.54) is 19.2 Å². The van der Waals surface area contributed by atoms with Crippen molar-refractivity contribution in [3.8, 4) is 17.2 Å². The predicted molar refractivity (Wildman–Crippen MR) is 51.1 cm³/mol. The maximum Gasteiger partial charge on any atom is 0.377 e. The molecule has 0 fully saturated rings. The second-order valence-corrected chi connectivity index (χ2v) is 3.04. The molecule has 1 aromatic carbocycles. The molecule has 6 heteroatoms. The molecule has 0 unspecified atom stereocenters. The number of fused-ring (bicyclic) bond motifs is 1. The van der Waals surface area contributed by atoms with Crippen molar-refractivity contribution in [2.75, 3.05) is 13.9 Å². The van der Waals surface area contributed by atoms with Crippen LogP contribution >= 0.6 is 0 Å². The SMILES string of the molecule is COc1cc2c(c(C(=O)C(=O)O)c1)OCO2. The molecule has 1 N–H and O–H groups in total. The maximum absolute atomic E-state index is 11.4. The second-order valence-electron chi connectivity index (χ2n) is 3.04. The summed E-state index contributed by atoms with van der Waals surface area (Å²) in [5, 5.41) is 8.64. The highest BCUT2D eigenvalue weighted by Crippen LogP contribution is 2.39. The number of carbonyl (C=O) groups excluding carboxylic acids is 1. The number of carbonyl (C=O) groups is 2. The fourth-order valence-electron chi connectivity index (χ4n) is 1.39. The lowest BCUT2D eigenvalue weighted by atomic mass is 10.1. The van der Waals surface area contributed by atoms with Crippen LogP contribution in [0, 0.1) is 0 Å². The van der Waals surface area contributed by atoms with E-state index in [-0.39, 0.29) is 18.1 Å². The van der Waals surface area contributed by atoms with Crippen molar-refractivity contribution >= 4 is 11.8 Å². The van der Waals surface area contributed by atoms with E-state index in [2.05, 4.69) is 0 Å². The number of aliphatic carboxylic acids is 1. The molecule has 0 saturated carbocycles. The minimum Gasteiger partial charge on any atom is -0.497 e. The van der Waals surface area contributed by atoms with Crippen molar-refractivity contribution in [3.05, 3.63) is 17.7 Å². The topological polar surface area (TPSA) is 82.1 Å². The van der Waals surface area contributed by atoms with Crippen molar-refractivity contribution in [1.82, 2.24) is 0 Å². The summed E-state index contributed by atoms with van der Waals surface area (Å²) in [5.41, 5.74) is -0.0700. The first-order chi connectivity index (χ1) is 7.63. The number of carboxylic acid groups (broad SMARTS) is 1. The Balaban J connectivity index is 2.55. The Kier molecular flexibility index (Phi) is 2.40. The van der Waals surface area contributed by atoms with E-state index >= 15 is 0 Å². The van der Waals surface area contributed by atoms with Crippen LogP contribution in [0.1, 0.15) is 10.4 Å². The van der Waals surface area contributed by atoms with Crippen LogP contribution in [-0.2, 0) is 4.79 Å². The average Bonchev–Trinajstić information content (AvgIpc) is 2.74. The Morgan fingerprint density at radius 3 is 2.75 bits per heavy atom. The average molecular weight is 224 g/mol. The highest BCUT2D eigenvalue weighted by Gasteiger charge is 2.27. The quantitative estimate of drug-likeness (QED) is 0.600. The van der Waals surface area contributed by atoms with Gasteiger partial charge in [-0.05, 0) is 6.07 Å². The van der Waals surface area contributed by atoms with Gasteiger partial charge in [-0.3, -0.25) is 4.79 Å². The molecule has 0 aliphatic carbocycles. The van der Waals surface area contributed by atoms with Crippen LogP contribution in [0.2, 0.25) is 0 Å². The van der Waals surface area contributed by atoms with Crippen molar-refractivity contribution in [2.45, 2.75) is 0 Å². The molecule has 0 radical (unpaired) electrons. The number of carboxylic acids is 1. The van der Waals surface area contributed by atoms with Gasteiger partial charge in [-0.25, -0.2) is 4.79 Å². The first kappa shape index (κ1) is 10.3. The summed E-state index contributed by atoms with van der Waals surface area (Å²) in [6, 6.07) is 2.84. The van der Waals surface area contributed by atoms with E-state index in [1.54, 1.807) is 0 Å². The number of ketones is 1. The highest BCUT2D eigenvalue weighted by molar-refractivity contribution is 6.40. The zero-order valence-corrected chi connectivity index (χ0v) is 8.35. The van der Waals surface area contributed by atoms with Crippen LogP contribution < -0.4 is 14.2 Å². The largest absolute Gasteiger partial charge is 0.497 e. The minimum absolute atomic E-state index is 0.0393. The fraction of sp³-hybridized carbons (Fsp3) is 0.200. The lowest BCUT2D eigenvalue weighted by Gasteiger charge is -2.05. The molecular formula is C10H8O6. The molecule has 1 aliphatic heterocycles. The molecule has 0 aromatic heterocycles. The van der Waals surface area contributed by atoms with Gasteiger partial charge in [0.1, 0.15) is 5.75 Å². The Bertz CT molecular complexity index is 465. The first-order valence-electron chi connectivity index (χ1n) is 4.38. The number of ether oxygens (including phenoxy) is 3. The van der Waals surface area contributed by atoms with Crippen LogP contribution in [0.5, 0.6) is 17.2 Å². The summed E-state index contributed by atoms with van der Waals surface area (Å²) < 4.78 is 15.0. The first-order valence-corrected chi connectivity index (χ1v) is 4.38. The lowest BCUT2D eigenvalue weighted by Crippen LogP contribution is -2.13. The summed E-state index contributed by atoms with van der Waals surface area (Å²) in [7, 11) is 1.41. The van der Waals surface area contributed by atoms with E-state index < -0.39 is 11.8 Å². The summed E-state index contributed by atoms with van der Waals surface area (Å²) in [6.45, 7) is -0.0393. The molecule has 0 bridgehead atoms. The molecule has 0 atom stereocenters. The number of methoxy groups -OCH3 is 1. The van der Waals surface area contributed by atoms with Crippen LogP contribution in [0.3, 0.4) is 0 Å². The van der Waals surface area contributed by atoms with Gasteiger partial charge in [-0.1, -0.05) is 0 Å². The van der Waals surface area contributed by atoms with Gasteiger partial charge in [-0.15, -0.1) is 0 Å². The molecule has 0 spiro atoms. The van der Waals surface area contributed by atoms with Gasteiger partial charge in [0.15, 0.2) is 11.5 Å². The third-order valence-electron chi connectivity index (χ3n) is 2.12. The summed E-state index contributed by atoms with van der Waals surface area (Å²) in [4.78, 5) is 22.0. The number of hydrogen-bond acceptors (Lipinski definition) is 5. The summed E-state index contributed by atoms with van der Waals surface area (Å²) >= 11 is 0. The van der Waals surface area contributed by atoms with Crippen LogP contribution in [0.4, 0.5) is 0 Å². The van der Waals surface area contributed by atoms with Crippen molar-refractivity contribution < 1.29 is 28.9 Å². The number of benzene rings is 1. The Labute approximate surface area is 90.3 Å². The van der Waals surface area contributed by atoms with Gasteiger partial charge < -0.3 is 19.3 Å². The zero-order chi connectivity index (χ0) is 11.7. The number of Topliss-reactive ketones (excluding diaryl/α,β-unsaturated/α-hetero) is 1. The minimum atomic E-state index is -1.55. The normalized spacial score (nSPS) is 12.3. The van der Waals surface area contributed by atoms with Gasteiger partial charge >= 0.3 is 5.97 Å². The molecule has 0 saturated heterocycles. The fourth-order valence-corrected chi connectivity index (χ4v) is 1.39. The van der Waals surface area contributed by atoms with Gasteiger partial charge in [0.25, 0.3) is 5.78 Å². The van der Waals surface area contributed by atoms with E-state index in [9.17, 15) is 9.59 Å². The molecule has 1 aromatic rings. The van der Waals surface area contributed by atoms with Crippen LogP contribution in [0.25, 0.3) is 0 Å².